The molecule has 1 aliphatic rings. The van der Waals surface area contributed by atoms with Gasteiger partial charge in [0.25, 0.3) is 0 Å². The molecule has 25 heavy (non-hydrogen) atoms. The van der Waals surface area contributed by atoms with Crippen molar-refractivity contribution in [1.82, 2.24) is 9.97 Å². The lowest BCUT2D eigenvalue weighted by Crippen LogP contribution is -2.31. The minimum absolute atomic E-state index is 0.594. The summed E-state index contributed by atoms with van der Waals surface area (Å²) in [5.74, 6) is 1.54. The van der Waals surface area contributed by atoms with Crippen molar-refractivity contribution in [2.75, 3.05) is 16.8 Å². The van der Waals surface area contributed by atoms with E-state index in [2.05, 4.69) is 39.5 Å². The second-order valence-corrected chi connectivity index (χ2v) is 6.70. The molecule has 2 heterocycles. The van der Waals surface area contributed by atoms with Gasteiger partial charge in [-0.3, -0.25) is 0 Å². The van der Waals surface area contributed by atoms with Crippen molar-refractivity contribution in [3.63, 3.8) is 0 Å². The molecule has 2 aromatic carbocycles. The minimum atomic E-state index is 0.594. The molecule has 5 heteroatoms. The van der Waals surface area contributed by atoms with Crippen LogP contribution in [0.15, 0.2) is 54.6 Å². The third-order valence-electron chi connectivity index (χ3n) is 4.38. The number of aryl methyl sites for hydroxylation is 1. The van der Waals surface area contributed by atoms with Gasteiger partial charge in [-0.25, -0.2) is 4.98 Å². The highest BCUT2D eigenvalue weighted by Gasteiger charge is 2.18. The Hall–Kier alpha value is -2.59. The fraction of sp³-hybridized carbons (Fsp3) is 0.200. The Labute approximate surface area is 152 Å². The van der Waals surface area contributed by atoms with Gasteiger partial charge in [0.05, 0.1) is 0 Å². The van der Waals surface area contributed by atoms with Crippen LogP contribution in [-0.2, 0) is 13.0 Å². The van der Waals surface area contributed by atoms with E-state index in [1.54, 1.807) is 0 Å². The van der Waals surface area contributed by atoms with E-state index in [1.165, 1.54) is 11.1 Å². The smallest absolute Gasteiger partial charge is 0.229 e. The van der Waals surface area contributed by atoms with Crippen molar-refractivity contribution in [3.8, 4) is 0 Å². The van der Waals surface area contributed by atoms with Gasteiger partial charge in [0, 0.05) is 35.6 Å². The van der Waals surface area contributed by atoms with Crippen LogP contribution in [0.4, 0.5) is 17.5 Å². The Balaban J connectivity index is 1.60. The summed E-state index contributed by atoms with van der Waals surface area (Å²) in [6.45, 7) is 3.83. The summed E-state index contributed by atoms with van der Waals surface area (Å²) in [4.78, 5) is 11.5. The van der Waals surface area contributed by atoms with E-state index in [-0.39, 0.29) is 0 Å². The molecule has 0 bridgehead atoms. The standard InChI is InChI=1S/C20H19ClN4/c1-14-11-19(25-10-9-15-5-2-3-6-16(15)13-25)24-20(22-14)23-18-8-4-7-17(21)12-18/h2-8,11-12H,9-10,13H2,1H3,(H,22,23,24). The molecule has 3 aromatic rings. The number of nitrogens with one attached hydrogen (secondary N) is 1. The average Bonchev–Trinajstić information content (AvgIpc) is 2.61. The molecule has 0 radical (unpaired) electrons. The van der Waals surface area contributed by atoms with Gasteiger partial charge in [0.2, 0.25) is 5.95 Å². The van der Waals surface area contributed by atoms with E-state index >= 15 is 0 Å². The first-order chi connectivity index (χ1) is 12.2. The number of nitrogens with zero attached hydrogens (tertiary/aromatic N) is 3. The van der Waals surface area contributed by atoms with Gasteiger partial charge in [-0.05, 0) is 42.7 Å². The average molecular weight is 351 g/mol. The van der Waals surface area contributed by atoms with E-state index in [0.29, 0.717) is 11.0 Å². The van der Waals surface area contributed by atoms with Crippen molar-refractivity contribution in [3.05, 3.63) is 76.4 Å². The highest BCUT2D eigenvalue weighted by Crippen LogP contribution is 2.25. The number of fused-ring (bicyclic) bond motifs is 1. The van der Waals surface area contributed by atoms with E-state index < -0.39 is 0 Å². The fourth-order valence-corrected chi connectivity index (χ4v) is 3.35. The molecular weight excluding hydrogens is 332 g/mol. The summed E-state index contributed by atoms with van der Waals surface area (Å²) < 4.78 is 0. The second-order valence-electron chi connectivity index (χ2n) is 6.27. The van der Waals surface area contributed by atoms with E-state index in [9.17, 15) is 0 Å². The molecule has 0 amide bonds. The van der Waals surface area contributed by atoms with Gasteiger partial charge in [-0.15, -0.1) is 0 Å². The van der Waals surface area contributed by atoms with Crippen molar-refractivity contribution >= 4 is 29.1 Å². The summed E-state index contributed by atoms with van der Waals surface area (Å²) in [5, 5.41) is 3.94. The van der Waals surface area contributed by atoms with Crippen molar-refractivity contribution in [1.29, 1.82) is 0 Å². The van der Waals surface area contributed by atoms with Crippen LogP contribution < -0.4 is 10.2 Å². The molecule has 1 aliphatic heterocycles. The number of aromatic nitrogens is 2. The molecule has 0 fully saturated rings. The van der Waals surface area contributed by atoms with E-state index in [4.69, 9.17) is 16.6 Å². The molecule has 0 unspecified atom stereocenters. The number of rotatable bonds is 3. The number of hydrogen-bond donors (Lipinski definition) is 1. The lowest BCUT2D eigenvalue weighted by atomic mass is 10.00. The Morgan fingerprint density at radius 1 is 1.00 bits per heavy atom. The van der Waals surface area contributed by atoms with Gasteiger partial charge in [-0.2, -0.15) is 4.98 Å². The first-order valence-electron chi connectivity index (χ1n) is 8.37. The summed E-state index contributed by atoms with van der Waals surface area (Å²) in [6, 6.07) is 18.2. The Morgan fingerprint density at radius 3 is 2.68 bits per heavy atom. The van der Waals surface area contributed by atoms with Crippen LogP contribution in [0.5, 0.6) is 0 Å². The lowest BCUT2D eigenvalue weighted by molar-refractivity contribution is 0.719. The number of anilines is 3. The van der Waals surface area contributed by atoms with Crippen LogP contribution in [-0.4, -0.2) is 16.5 Å². The summed E-state index contributed by atoms with van der Waals surface area (Å²) in [5.41, 5.74) is 4.62. The Bertz CT molecular complexity index is 910. The van der Waals surface area contributed by atoms with Crippen LogP contribution in [0.25, 0.3) is 0 Å². The molecule has 4 rings (SSSR count). The number of hydrogen-bond acceptors (Lipinski definition) is 4. The zero-order valence-electron chi connectivity index (χ0n) is 14.0. The predicted octanol–water partition coefficient (Wildman–Crippen LogP) is 4.74. The summed E-state index contributed by atoms with van der Waals surface area (Å²) in [6.07, 6.45) is 1.04. The first kappa shape index (κ1) is 15.9. The topological polar surface area (TPSA) is 41.1 Å². The van der Waals surface area contributed by atoms with Crippen LogP contribution in [0, 0.1) is 6.92 Å². The second kappa shape index (κ2) is 6.73. The monoisotopic (exact) mass is 350 g/mol. The zero-order valence-corrected chi connectivity index (χ0v) is 14.8. The summed E-state index contributed by atoms with van der Waals surface area (Å²) in [7, 11) is 0. The molecule has 0 atom stereocenters. The minimum Gasteiger partial charge on any atom is -0.352 e. The van der Waals surface area contributed by atoms with Gasteiger partial charge in [0.15, 0.2) is 0 Å². The lowest BCUT2D eigenvalue weighted by Gasteiger charge is -2.30. The molecule has 126 valence electrons. The maximum absolute atomic E-state index is 6.05. The molecule has 0 spiro atoms. The highest BCUT2D eigenvalue weighted by atomic mass is 35.5. The maximum atomic E-state index is 6.05. The zero-order chi connectivity index (χ0) is 17.2. The molecule has 0 saturated heterocycles. The largest absolute Gasteiger partial charge is 0.352 e. The molecular formula is C20H19ClN4. The van der Waals surface area contributed by atoms with Crippen LogP contribution in [0.3, 0.4) is 0 Å². The van der Waals surface area contributed by atoms with Crippen LogP contribution in [0.1, 0.15) is 16.8 Å². The van der Waals surface area contributed by atoms with Crippen LogP contribution in [0.2, 0.25) is 5.02 Å². The maximum Gasteiger partial charge on any atom is 0.229 e. The predicted molar refractivity (Wildman–Crippen MR) is 103 cm³/mol. The van der Waals surface area contributed by atoms with Gasteiger partial charge in [-0.1, -0.05) is 41.9 Å². The third kappa shape index (κ3) is 3.59. The fourth-order valence-electron chi connectivity index (χ4n) is 3.16. The normalized spacial score (nSPS) is 13.4. The van der Waals surface area contributed by atoms with Crippen molar-refractivity contribution < 1.29 is 0 Å². The van der Waals surface area contributed by atoms with Gasteiger partial charge < -0.3 is 10.2 Å². The molecule has 0 saturated carbocycles. The molecule has 4 nitrogen and oxygen atoms in total. The SMILES string of the molecule is Cc1cc(N2CCc3ccccc3C2)nc(Nc2cccc(Cl)c2)n1. The Kier molecular flexibility index (Phi) is 4.28. The quantitative estimate of drug-likeness (QED) is 0.740. The van der Waals surface area contributed by atoms with E-state index in [0.717, 1.165) is 36.7 Å². The van der Waals surface area contributed by atoms with Crippen LogP contribution >= 0.6 is 11.6 Å². The third-order valence-corrected chi connectivity index (χ3v) is 4.61. The van der Waals surface area contributed by atoms with Gasteiger partial charge >= 0.3 is 0 Å². The first-order valence-corrected chi connectivity index (χ1v) is 8.75. The van der Waals surface area contributed by atoms with Crippen molar-refractivity contribution in [2.24, 2.45) is 0 Å². The highest BCUT2D eigenvalue weighted by molar-refractivity contribution is 6.30. The number of benzene rings is 2. The summed E-state index contributed by atoms with van der Waals surface area (Å²) >= 11 is 6.05. The van der Waals surface area contributed by atoms with Crippen molar-refractivity contribution in [2.45, 2.75) is 19.9 Å². The van der Waals surface area contributed by atoms with Gasteiger partial charge in [0.1, 0.15) is 5.82 Å². The number of halogens is 1. The molecule has 1 aromatic heterocycles. The molecule has 0 aliphatic carbocycles. The Morgan fingerprint density at radius 2 is 1.84 bits per heavy atom. The molecule has 1 N–H and O–H groups in total. The van der Waals surface area contributed by atoms with E-state index in [1.807, 2.05) is 37.3 Å².